The molecule has 1 unspecified atom stereocenters. The Hall–Kier alpha value is 0.670. The third-order valence-electron chi connectivity index (χ3n) is 2.14. The Bertz CT molecular complexity index is 150. The molecule has 0 spiro atoms. The number of rotatable bonds is 1. The van der Waals surface area contributed by atoms with Gasteiger partial charge >= 0.3 is 80.9 Å². The Labute approximate surface area is 81.0 Å². The fraction of sp³-hybridized carbons (Fsp3) is 1.00. The van der Waals surface area contributed by atoms with Gasteiger partial charge in [-0.1, -0.05) is 0 Å². The van der Waals surface area contributed by atoms with Gasteiger partial charge < -0.3 is 0 Å². The first-order chi connectivity index (χ1) is 5.57. The molecule has 1 fully saturated rings. The maximum atomic E-state index is 9.29. The molecule has 5 atom stereocenters. The van der Waals surface area contributed by atoms with Crippen molar-refractivity contribution in [3.63, 3.8) is 0 Å². The summed E-state index contributed by atoms with van der Waals surface area (Å²) in [6.07, 6.45) is -3.63. The van der Waals surface area contributed by atoms with E-state index in [9.17, 15) is 15.3 Å². The maximum absolute atomic E-state index is 9.29. The zero-order chi connectivity index (χ0) is 9.30. The Morgan fingerprint density at radius 2 is 1.50 bits per heavy atom. The molecule has 0 bridgehead atoms. The molecule has 1 rings (SSSR count). The molecule has 6 heteroatoms. The number of aliphatic hydroxyl groups excluding tert-OH is 5. The van der Waals surface area contributed by atoms with Crippen LogP contribution in [0, 0.1) is 0 Å². The van der Waals surface area contributed by atoms with Crippen molar-refractivity contribution >= 4 is 22.9 Å². The molecule has 1 aliphatic rings. The van der Waals surface area contributed by atoms with Gasteiger partial charge in [-0.25, -0.2) is 0 Å². The molecule has 1 radical (unpaired) electrons. The van der Waals surface area contributed by atoms with Crippen LogP contribution in [-0.2, 0) is 0 Å². The zero-order valence-electron chi connectivity index (χ0n) is 6.41. The van der Waals surface area contributed by atoms with Crippen LogP contribution in [0.4, 0.5) is 0 Å². The first-order valence-electron chi connectivity index (χ1n) is 3.76. The van der Waals surface area contributed by atoms with E-state index < -0.39 is 45.1 Å². The fourth-order valence-corrected chi connectivity index (χ4v) is 5.70. The van der Waals surface area contributed by atoms with Crippen molar-refractivity contribution in [3.05, 3.63) is 0 Å². The quantitative estimate of drug-likeness (QED) is 0.350. The fourth-order valence-electron chi connectivity index (χ4n) is 1.31. The van der Waals surface area contributed by atoms with Crippen molar-refractivity contribution in [2.75, 3.05) is 6.61 Å². The minimum atomic E-state index is -1.59. The van der Waals surface area contributed by atoms with Gasteiger partial charge in [-0.05, 0) is 0 Å². The number of hydrogen-bond acceptors (Lipinski definition) is 5. The predicted octanol–water partition coefficient (Wildman–Crippen LogP) is -3.11. The van der Waals surface area contributed by atoms with E-state index in [1.54, 1.807) is 0 Å². The summed E-state index contributed by atoms with van der Waals surface area (Å²) < 4.78 is -1.25. The van der Waals surface area contributed by atoms with Crippen LogP contribution in [0.25, 0.3) is 0 Å². The van der Waals surface area contributed by atoms with Gasteiger partial charge in [0, 0.05) is 0 Å². The third-order valence-corrected chi connectivity index (χ3v) is 7.53. The average Bonchev–Trinajstić information content (AvgIpc) is 2.08. The Morgan fingerprint density at radius 3 is 2.00 bits per heavy atom. The van der Waals surface area contributed by atoms with Gasteiger partial charge in [-0.15, -0.1) is 0 Å². The topological polar surface area (TPSA) is 101 Å². The van der Waals surface area contributed by atoms with E-state index in [2.05, 4.69) is 0 Å². The van der Waals surface area contributed by atoms with Crippen molar-refractivity contribution in [3.8, 4) is 0 Å². The molecule has 1 saturated heterocycles. The third kappa shape index (κ3) is 1.94. The summed E-state index contributed by atoms with van der Waals surface area (Å²) in [6.45, 7) is -0.219. The SMILES string of the molecule is OC[C@H]1[In][CH](O)[C@H](O)[C@@H](O)[C@@H]1O. The van der Waals surface area contributed by atoms with Gasteiger partial charge in [-0.2, -0.15) is 0 Å². The molecule has 0 amide bonds. The van der Waals surface area contributed by atoms with Crippen LogP contribution in [-0.4, -0.2) is 77.2 Å². The van der Waals surface area contributed by atoms with Crippen molar-refractivity contribution < 1.29 is 25.5 Å². The predicted molar refractivity (Wildman–Crippen MR) is 40.6 cm³/mol. The minimum absolute atomic E-state index is 0.219. The van der Waals surface area contributed by atoms with E-state index in [1.807, 2.05) is 0 Å². The van der Waals surface area contributed by atoms with Crippen LogP contribution in [0.3, 0.4) is 0 Å². The van der Waals surface area contributed by atoms with Gasteiger partial charge in [0.1, 0.15) is 0 Å². The molecule has 0 saturated carbocycles. The first kappa shape index (κ1) is 10.7. The Kier molecular flexibility index (Phi) is 3.81. The Morgan fingerprint density at radius 1 is 0.917 bits per heavy atom. The second-order valence-electron chi connectivity index (χ2n) is 3.00. The van der Waals surface area contributed by atoms with Crippen molar-refractivity contribution in [1.29, 1.82) is 0 Å². The molecule has 1 aliphatic heterocycles. The normalized spacial score (nSPS) is 48.6. The summed E-state index contributed by atoms with van der Waals surface area (Å²) in [4.78, 5) is 0. The van der Waals surface area contributed by atoms with E-state index in [-0.39, 0.29) is 10.3 Å². The number of hydrogen-bond donors (Lipinski definition) is 5. The molecule has 69 valence electrons. The molecule has 0 aliphatic carbocycles. The number of aliphatic hydroxyl groups is 5. The molecule has 0 aromatic carbocycles. The molecule has 5 nitrogen and oxygen atoms in total. The van der Waals surface area contributed by atoms with Gasteiger partial charge in [0.15, 0.2) is 0 Å². The van der Waals surface area contributed by atoms with E-state index in [4.69, 9.17) is 10.2 Å². The Balaban J connectivity index is 2.63. The summed E-state index contributed by atoms with van der Waals surface area (Å²) in [5, 5.41) is 45.6. The molecule has 1 heterocycles. The molecule has 0 aromatic rings. The summed E-state index contributed by atoms with van der Waals surface area (Å²) in [5.41, 5.74) is 0. The second-order valence-corrected chi connectivity index (χ2v) is 8.49. The summed E-state index contributed by atoms with van der Waals surface area (Å²) in [7, 11) is 0. The van der Waals surface area contributed by atoms with Gasteiger partial charge in [-0.3, -0.25) is 0 Å². The van der Waals surface area contributed by atoms with E-state index in [0.29, 0.717) is 0 Å². The van der Waals surface area contributed by atoms with Gasteiger partial charge in [0.05, 0.1) is 0 Å². The van der Waals surface area contributed by atoms with Gasteiger partial charge in [0.25, 0.3) is 0 Å². The van der Waals surface area contributed by atoms with E-state index in [0.717, 1.165) is 0 Å². The summed E-state index contributed by atoms with van der Waals surface area (Å²) >= 11 is -1.59. The molecule has 5 N–H and O–H groups in total. The van der Waals surface area contributed by atoms with E-state index >= 15 is 0 Å². The van der Waals surface area contributed by atoms with Crippen LogP contribution in [0.2, 0.25) is 3.67 Å². The monoisotopic (exact) mass is 279 g/mol. The van der Waals surface area contributed by atoms with Crippen molar-refractivity contribution in [2.24, 2.45) is 0 Å². The van der Waals surface area contributed by atoms with Crippen LogP contribution in [0.15, 0.2) is 0 Å². The van der Waals surface area contributed by atoms with Crippen molar-refractivity contribution in [1.82, 2.24) is 0 Å². The molecular formula is C6H12InO5. The van der Waals surface area contributed by atoms with Crippen LogP contribution < -0.4 is 0 Å². The average molecular weight is 279 g/mol. The van der Waals surface area contributed by atoms with Crippen LogP contribution in [0.1, 0.15) is 0 Å². The summed E-state index contributed by atoms with van der Waals surface area (Å²) in [6, 6.07) is 0. The van der Waals surface area contributed by atoms with Crippen molar-refractivity contribution in [2.45, 2.75) is 25.8 Å². The van der Waals surface area contributed by atoms with E-state index in [1.165, 1.54) is 0 Å². The summed E-state index contributed by atoms with van der Waals surface area (Å²) in [5.74, 6) is 0. The molecular weight excluding hydrogens is 267 g/mol. The van der Waals surface area contributed by atoms with Gasteiger partial charge in [0.2, 0.25) is 0 Å². The standard InChI is InChI=1S/C6H12O5.In/c7-2-1-4(9)6(11)5(10)3-8;/h1,3-11H,2H2;/t4-,5+,6+;/m1./s1. The molecule has 0 aromatic heterocycles. The zero-order valence-corrected chi connectivity index (χ0v) is 9.70. The van der Waals surface area contributed by atoms with Crippen LogP contribution in [0.5, 0.6) is 0 Å². The molecule has 12 heavy (non-hydrogen) atoms. The van der Waals surface area contributed by atoms with Crippen LogP contribution >= 0.6 is 0 Å². The first-order valence-corrected chi connectivity index (χ1v) is 7.56. The second kappa shape index (κ2) is 4.26.